The van der Waals surface area contributed by atoms with Crippen LogP contribution in [0.25, 0.3) is 0 Å². The van der Waals surface area contributed by atoms with Gasteiger partial charge in [-0.15, -0.1) is 0 Å². The van der Waals surface area contributed by atoms with E-state index in [1.165, 1.54) is 0 Å². The van der Waals surface area contributed by atoms with E-state index >= 15 is 0 Å². The quantitative estimate of drug-likeness (QED) is 0.650. The third-order valence-corrected chi connectivity index (χ3v) is 1.18. The molecule has 16 heavy (non-hydrogen) atoms. The Labute approximate surface area is 106 Å². The van der Waals surface area contributed by atoms with Crippen molar-refractivity contribution in [3.8, 4) is 0 Å². The Morgan fingerprint density at radius 3 is 1.44 bits per heavy atom. The van der Waals surface area contributed by atoms with E-state index in [2.05, 4.69) is 0 Å². The number of hydrogen-bond acceptors (Lipinski definition) is 2. The highest BCUT2D eigenvalue weighted by Gasteiger charge is 1.92. The predicted octanol–water partition coefficient (Wildman–Crippen LogP) is 4.92. The number of rotatable bonds is 1. The Bertz CT molecular complexity index is 219. The number of ketones is 1. The average Bonchev–Trinajstić information content (AvgIpc) is 2.36. The van der Waals surface area contributed by atoms with Crippen LogP contribution in [-0.2, 0) is 0 Å². The Morgan fingerprint density at radius 1 is 0.938 bits per heavy atom. The monoisotopic (exact) mass is 242 g/mol. The van der Waals surface area contributed by atoms with Crippen LogP contribution < -0.4 is 0 Å². The molecule has 0 bridgehead atoms. The minimum absolute atomic E-state index is 0.121. The van der Waals surface area contributed by atoms with Gasteiger partial charge in [0.25, 0.3) is 0 Å². The normalized spacial score (nSPS) is 6.94. The standard InChI is InChI=1S/C8H8O.C2H6S.2C2H6/c1-7(9)8-5-3-2-4-6-8;1-3-2;2*1-2/h2-6H,1H3;1-2H3;2*1-2H3. The lowest BCUT2D eigenvalue weighted by atomic mass is 10.2. The third kappa shape index (κ3) is 15.7. The largest absolute Gasteiger partial charge is 0.295 e. The van der Waals surface area contributed by atoms with Gasteiger partial charge in [-0.3, -0.25) is 4.79 Å². The molecular weight excluding hydrogens is 216 g/mol. The van der Waals surface area contributed by atoms with Crippen LogP contribution in [0.3, 0.4) is 0 Å². The number of hydrogen-bond donors (Lipinski definition) is 0. The van der Waals surface area contributed by atoms with E-state index in [0.717, 1.165) is 5.56 Å². The minimum Gasteiger partial charge on any atom is -0.295 e. The van der Waals surface area contributed by atoms with Crippen LogP contribution >= 0.6 is 11.8 Å². The summed E-state index contributed by atoms with van der Waals surface area (Å²) in [5, 5.41) is 0. The molecule has 0 saturated heterocycles. The van der Waals surface area contributed by atoms with E-state index in [1.54, 1.807) is 18.7 Å². The summed E-state index contributed by atoms with van der Waals surface area (Å²) in [6.45, 7) is 9.56. The van der Waals surface area contributed by atoms with Gasteiger partial charge in [-0.25, -0.2) is 0 Å². The molecule has 94 valence electrons. The second kappa shape index (κ2) is 19.8. The van der Waals surface area contributed by atoms with E-state index in [4.69, 9.17) is 0 Å². The van der Waals surface area contributed by atoms with Crippen molar-refractivity contribution >= 4 is 17.5 Å². The van der Waals surface area contributed by atoms with E-state index in [-0.39, 0.29) is 5.78 Å². The number of carbonyl (C=O) groups is 1. The molecule has 0 N–H and O–H groups in total. The van der Waals surface area contributed by atoms with Gasteiger partial charge in [0, 0.05) is 5.56 Å². The Balaban J connectivity index is -0.000000206. The van der Waals surface area contributed by atoms with Gasteiger partial charge >= 0.3 is 0 Å². The summed E-state index contributed by atoms with van der Waals surface area (Å²) in [6.07, 6.45) is 4.08. The molecule has 0 aliphatic rings. The molecule has 2 heteroatoms. The Hall–Kier alpha value is -0.760. The van der Waals surface area contributed by atoms with Crippen LogP contribution in [0.5, 0.6) is 0 Å². The lowest BCUT2D eigenvalue weighted by Crippen LogP contribution is -1.88. The molecule has 0 radical (unpaired) electrons. The van der Waals surface area contributed by atoms with Gasteiger partial charge in [-0.05, 0) is 19.4 Å². The van der Waals surface area contributed by atoms with Crippen molar-refractivity contribution in [2.75, 3.05) is 12.5 Å². The average molecular weight is 242 g/mol. The van der Waals surface area contributed by atoms with Crippen LogP contribution in [0.1, 0.15) is 45.0 Å². The van der Waals surface area contributed by atoms with Gasteiger partial charge in [-0.2, -0.15) is 11.8 Å². The summed E-state index contributed by atoms with van der Waals surface area (Å²) >= 11 is 1.75. The molecule has 1 aromatic carbocycles. The summed E-state index contributed by atoms with van der Waals surface area (Å²) < 4.78 is 0. The zero-order valence-electron chi connectivity index (χ0n) is 11.7. The van der Waals surface area contributed by atoms with Gasteiger partial charge < -0.3 is 0 Å². The maximum absolute atomic E-state index is 10.6. The lowest BCUT2D eigenvalue weighted by molar-refractivity contribution is 0.101. The Morgan fingerprint density at radius 2 is 1.25 bits per heavy atom. The van der Waals surface area contributed by atoms with Crippen molar-refractivity contribution in [3.63, 3.8) is 0 Å². The first-order valence-corrected chi connectivity index (χ1v) is 7.31. The second-order valence-corrected chi connectivity index (χ2v) is 3.15. The fourth-order valence-corrected chi connectivity index (χ4v) is 0.673. The van der Waals surface area contributed by atoms with E-state index < -0.39 is 0 Å². The maximum Gasteiger partial charge on any atom is 0.159 e. The number of benzene rings is 1. The molecule has 0 aliphatic carbocycles. The zero-order chi connectivity index (χ0) is 13.4. The van der Waals surface area contributed by atoms with Crippen molar-refractivity contribution in [1.82, 2.24) is 0 Å². The summed E-state index contributed by atoms with van der Waals surface area (Å²) in [7, 11) is 0. The SMILES string of the molecule is CC.CC.CC(=O)c1ccccc1.CSC. The van der Waals surface area contributed by atoms with Crippen LogP contribution in [0.15, 0.2) is 30.3 Å². The first-order chi connectivity index (χ1) is 7.72. The summed E-state index contributed by atoms with van der Waals surface area (Å²) in [5.74, 6) is 0.121. The molecule has 0 spiro atoms. The fourth-order valence-electron chi connectivity index (χ4n) is 0.673. The number of Topliss-reactive ketones (excluding diaryl/α,β-unsaturated/α-hetero) is 1. The molecule has 0 amide bonds. The van der Waals surface area contributed by atoms with Crippen LogP contribution in [0, 0.1) is 0 Å². The molecule has 0 atom stereocenters. The third-order valence-electron chi connectivity index (χ3n) is 1.18. The fraction of sp³-hybridized carbons (Fsp3) is 0.500. The first-order valence-electron chi connectivity index (χ1n) is 5.68. The van der Waals surface area contributed by atoms with Gasteiger partial charge in [0.15, 0.2) is 5.78 Å². The molecule has 0 saturated carbocycles. The van der Waals surface area contributed by atoms with Crippen LogP contribution in [-0.4, -0.2) is 18.3 Å². The highest BCUT2D eigenvalue weighted by Crippen LogP contribution is 1.97. The first kappa shape index (κ1) is 20.6. The molecule has 0 heterocycles. The van der Waals surface area contributed by atoms with Crippen molar-refractivity contribution < 1.29 is 4.79 Å². The number of carbonyl (C=O) groups excluding carboxylic acids is 1. The smallest absolute Gasteiger partial charge is 0.159 e. The number of thioether (sulfide) groups is 1. The van der Waals surface area contributed by atoms with Crippen molar-refractivity contribution in [1.29, 1.82) is 0 Å². The van der Waals surface area contributed by atoms with Gasteiger partial charge in [0.2, 0.25) is 0 Å². The summed E-state index contributed by atoms with van der Waals surface area (Å²) in [6, 6.07) is 9.23. The van der Waals surface area contributed by atoms with E-state index in [9.17, 15) is 4.79 Å². The zero-order valence-corrected chi connectivity index (χ0v) is 12.5. The molecule has 1 aromatic rings. The Kier molecular flexibility index (Phi) is 25.5. The van der Waals surface area contributed by atoms with Crippen molar-refractivity contribution in [3.05, 3.63) is 35.9 Å². The van der Waals surface area contributed by atoms with Crippen molar-refractivity contribution in [2.45, 2.75) is 34.6 Å². The summed E-state index contributed by atoms with van der Waals surface area (Å²) in [4.78, 5) is 10.6. The maximum atomic E-state index is 10.6. The second-order valence-electron chi connectivity index (χ2n) is 2.33. The minimum atomic E-state index is 0.121. The molecule has 1 nitrogen and oxygen atoms in total. The van der Waals surface area contributed by atoms with E-state index in [1.807, 2.05) is 70.5 Å². The highest BCUT2D eigenvalue weighted by atomic mass is 32.2. The van der Waals surface area contributed by atoms with Gasteiger partial charge in [0.1, 0.15) is 0 Å². The molecular formula is C14H26OS. The molecule has 1 rings (SSSR count). The molecule has 0 unspecified atom stereocenters. The van der Waals surface area contributed by atoms with E-state index in [0.29, 0.717) is 0 Å². The molecule has 0 aromatic heterocycles. The van der Waals surface area contributed by atoms with Gasteiger partial charge in [-0.1, -0.05) is 58.0 Å². The molecule has 0 fully saturated rings. The molecule has 0 aliphatic heterocycles. The van der Waals surface area contributed by atoms with Crippen molar-refractivity contribution in [2.24, 2.45) is 0 Å². The van der Waals surface area contributed by atoms with Crippen LogP contribution in [0.2, 0.25) is 0 Å². The summed E-state index contributed by atoms with van der Waals surface area (Å²) in [5.41, 5.74) is 0.775. The predicted molar refractivity (Wildman–Crippen MR) is 78.6 cm³/mol. The topological polar surface area (TPSA) is 17.1 Å². The lowest BCUT2D eigenvalue weighted by Gasteiger charge is -1.89. The highest BCUT2D eigenvalue weighted by molar-refractivity contribution is 7.97. The van der Waals surface area contributed by atoms with Gasteiger partial charge in [0.05, 0.1) is 0 Å². The van der Waals surface area contributed by atoms with Crippen LogP contribution in [0.4, 0.5) is 0 Å².